The summed E-state index contributed by atoms with van der Waals surface area (Å²) in [5.74, 6) is -6.59. The zero-order chi connectivity index (χ0) is 14.7. The summed E-state index contributed by atoms with van der Waals surface area (Å²) >= 11 is 0. The number of ether oxygens (including phenoxy) is 4. The highest BCUT2D eigenvalue weighted by Gasteiger charge is 2.80. The van der Waals surface area contributed by atoms with Gasteiger partial charge in [-0.05, 0) is 0 Å². The van der Waals surface area contributed by atoms with Gasteiger partial charge in [0.2, 0.25) is 0 Å². The highest BCUT2D eigenvalue weighted by atomic mass is 17.0. The van der Waals surface area contributed by atoms with E-state index in [0.29, 0.717) is 0 Å². The zero-order valence-corrected chi connectivity index (χ0v) is 10.2. The van der Waals surface area contributed by atoms with Gasteiger partial charge in [-0.3, -0.25) is 0 Å². The SMILES string of the molecule is C=CC(=O)OC1(C)OC1(OC(=O)C=C)OC(=O)C=C. The van der Waals surface area contributed by atoms with Crippen LogP contribution in [0.2, 0.25) is 0 Å². The summed E-state index contributed by atoms with van der Waals surface area (Å²) in [6.07, 6.45) is 2.55. The zero-order valence-electron chi connectivity index (χ0n) is 10.2. The van der Waals surface area contributed by atoms with Gasteiger partial charge in [-0.2, -0.15) is 0 Å². The number of carbonyl (C=O) groups is 3. The van der Waals surface area contributed by atoms with Gasteiger partial charge >= 0.3 is 29.7 Å². The first kappa shape index (κ1) is 14.7. The standard InChI is InChI=1S/C12H12O7/c1-5-8(13)16-11(4)12(19-11,17-9(14)6-2)18-10(15)7-3/h5-7H,1-3H2,4H3. The normalized spacial score (nSPS) is 22.6. The van der Waals surface area contributed by atoms with E-state index >= 15 is 0 Å². The predicted octanol–water partition coefficient (Wildman–Crippen LogP) is 0.574. The second-order valence-electron chi connectivity index (χ2n) is 3.48. The van der Waals surface area contributed by atoms with Crippen LogP contribution in [0.3, 0.4) is 0 Å². The summed E-state index contributed by atoms with van der Waals surface area (Å²) in [7, 11) is 0. The Hall–Kier alpha value is -2.41. The third kappa shape index (κ3) is 2.89. The van der Waals surface area contributed by atoms with E-state index in [1.165, 1.54) is 6.92 Å². The lowest BCUT2D eigenvalue weighted by molar-refractivity contribution is -0.223. The molecule has 7 heteroatoms. The van der Waals surface area contributed by atoms with Crippen molar-refractivity contribution in [3.05, 3.63) is 38.0 Å². The monoisotopic (exact) mass is 268 g/mol. The molecular formula is C12H12O7. The number of rotatable bonds is 6. The first-order valence-corrected chi connectivity index (χ1v) is 5.09. The fourth-order valence-corrected chi connectivity index (χ4v) is 1.14. The molecule has 0 spiro atoms. The summed E-state index contributed by atoms with van der Waals surface area (Å²) in [5.41, 5.74) is 0. The Morgan fingerprint density at radius 3 is 1.63 bits per heavy atom. The molecule has 7 nitrogen and oxygen atoms in total. The summed E-state index contributed by atoms with van der Waals surface area (Å²) < 4.78 is 19.2. The van der Waals surface area contributed by atoms with Crippen LogP contribution in [-0.2, 0) is 33.3 Å². The molecule has 0 amide bonds. The van der Waals surface area contributed by atoms with E-state index in [4.69, 9.17) is 18.9 Å². The molecular weight excluding hydrogens is 256 g/mol. The van der Waals surface area contributed by atoms with Crippen LogP contribution in [0.25, 0.3) is 0 Å². The van der Waals surface area contributed by atoms with Crippen molar-refractivity contribution in [3.8, 4) is 0 Å². The van der Waals surface area contributed by atoms with Crippen LogP contribution in [0.5, 0.6) is 0 Å². The van der Waals surface area contributed by atoms with Gasteiger partial charge in [0.25, 0.3) is 0 Å². The lowest BCUT2D eigenvalue weighted by Gasteiger charge is -2.15. The second-order valence-corrected chi connectivity index (χ2v) is 3.48. The first-order chi connectivity index (χ1) is 8.82. The molecule has 1 aliphatic heterocycles. The minimum atomic E-state index is -2.15. The maximum absolute atomic E-state index is 11.2. The Morgan fingerprint density at radius 2 is 1.26 bits per heavy atom. The summed E-state index contributed by atoms with van der Waals surface area (Å²) in [4.78, 5) is 33.5. The first-order valence-electron chi connectivity index (χ1n) is 5.09. The van der Waals surface area contributed by atoms with Crippen molar-refractivity contribution in [2.45, 2.75) is 18.7 Å². The minimum absolute atomic E-state index is 0.834. The molecule has 1 unspecified atom stereocenters. The van der Waals surface area contributed by atoms with Gasteiger partial charge in [-0.15, -0.1) is 0 Å². The van der Waals surface area contributed by atoms with E-state index in [9.17, 15) is 14.4 Å². The van der Waals surface area contributed by atoms with Crippen molar-refractivity contribution >= 4 is 17.9 Å². The Morgan fingerprint density at radius 1 is 0.895 bits per heavy atom. The van der Waals surface area contributed by atoms with E-state index in [-0.39, 0.29) is 0 Å². The van der Waals surface area contributed by atoms with Gasteiger partial charge in [0.15, 0.2) is 0 Å². The molecule has 0 saturated carbocycles. The lowest BCUT2D eigenvalue weighted by Crippen LogP contribution is -2.36. The fraction of sp³-hybridized carbons (Fsp3) is 0.250. The van der Waals surface area contributed by atoms with Crippen LogP contribution < -0.4 is 0 Å². The molecule has 1 saturated heterocycles. The van der Waals surface area contributed by atoms with Gasteiger partial charge in [-0.1, -0.05) is 19.7 Å². The molecule has 0 N–H and O–H groups in total. The Labute approximate surface area is 109 Å². The van der Waals surface area contributed by atoms with E-state index in [0.717, 1.165) is 18.2 Å². The molecule has 19 heavy (non-hydrogen) atoms. The number of carbonyl (C=O) groups excluding carboxylic acids is 3. The van der Waals surface area contributed by atoms with Crippen LogP contribution in [0.4, 0.5) is 0 Å². The molecule has 0 radical (unpaired) electrons. The molecule has 0 aromatic carbocycles. The average molecular weight is 268 g/mol. The Bertz CT molecular complexity index is 443. The second kappa shape index (κ2) is 5.07. The van der Waals surface area contributed by atoms with E-state index in [1.807, 2.05) is 0 Å². The molecule has 1 heterocycles. The van der Waals surface area contributed by atoms with Crippen molar-refractivity contribution < 1.29 is 33.3 Å². The van der Waals surface area contributed by atoms with Crippen molar-refractivity contribution in [3.63, 3.8) is 0 Å². The van der Waals surface area contributed by atoms with Gasteiger partial charge in [-0.25, -0.2) is 19.1 Å². The number of epoxide rings is 1. The predicted molar refractivity (Wildman–Crippen MR) is 61.1 cm³/mol. The van der Waals surface area contributed by atoms with Crippen LogP contribution in [0, 0.1) is 0 Å². The van der Waals surface area contributed by atoms with Crippen LogP contribution >= 0.6 is 0 Å². The van der Waals surface area contributed by atoms with Crippen molar-refractivity contribution in [1.82, 2.24) is 0 Å². The number of hydrogen-bond acceptors (Lipinski definition) is 7. The highest BCUT2D eigenvalue weighted by molar-refractivity contribution is 5.84. The number of hydrogen-bond donors (Lipinski definition) is 0. The maximum atomic E-state index is 11.2. The average Bonchev–Trinajstić information content (AvgIpc) is 2.91. The topological polar surface area (TPSA) is 91.4 Å². The third-order valence-electron chi connectivity index (χ3n) is 2.11. The van der Waals surface area contributed by atoms with E-state index in [1.54, 1.807) is 0 Å². The minimum Gasteiger partial charge on any atom is -0.418 e. The fourth-order valence-electron chi connectivity index (χ4n) is 1.14. The smallest absolute Gasteiger partial charge is 0.418 e. The number of esters is 3. The quantitative estimate of drug-likeness (QED) is 0.301. The Kier molecular flexibility index (Phi) is 3.91. The summed E-state index contributed by atoms with van der Waals surface area (Å²) in [6, 6.07) is 0. The van der Waals surface area contributed by atoms with Gasteiger partial charge in [0, 0.05) is 25.2 Å². The summed E-state index contributed by atoms with van der Waals surface area (Å²) in [6.45, 7) is 10.8. The third-order valence-corrected chi connectivity index (χ3v) is 2.11. The summed E-state index contributed by atoms with van der Waals surface area (Å²) in [5, 5.41) is 0. The lowest BCUT2D eigenvalue weighted by atomic mass is 10.4. The van der Waals surface area contributed by atoms with Crippen molar-refractivity contribution in [1.29, 1.82) is 0 Å². The molecule has 0 bridgehead atoms. The highest BCUT2D eigenvalue weighted by Crippen LogP contribution is 2.51. The van der Waals surface area contributed by atoms with Gasteiger partial charge in [0.05, 0.1) is 0 Å². The van der Waals surface area contributed by atoms with Gasteiger partial charge < -0.3 is 14.2 Å². The van der Waals surface area contributed by atoms with Gasteiger partial charge in [0.1, 0.15) is 0 Å². The van der Waals surface area contributed by atoms with Crippen LogP contribution in [-0.4, -0.2) is 29.7 Å². The molecule has 102 valence electrons. The van der Waals surface area contributed by atoms with Crippen LogP contribution in [0.15, 0.2) is 38.0 Å². The van der Waals surface area contributed by atoms with E-state index < -0.39 is 29.7 Å². The molecule has 0 aromatic rings. The van der Waals surface area contributed by atoms with Crippen LogP contribution in [0.1, 0.15) is 6.92 Å². The van der Waals surface area contributed by atoms with Crippen molar-refractivity contribution in [2.75, 3.05) is 0 Å². The Balaban J connectivity index is 2.90. The molecule has 0 aliphatic carbocycles. The molecule has 1 atom stereocenters. The molecule has 0 aromatic heterocycles. The molecule has 1 fully saturated rings. The largest absolute Gasteiger partial charge is 0.450 e. The van der Waals surface area contributed by atoms with E-state index in [2.05, 4.69) is 19.7 Å². The van der Waals surface area contributed by atoms with Crippen molar-refractivity contribution in [2.24, 2.45) is 0 Å². The molecule has 1 aliphatic rings. The molecule has 1 rings (SSSR count). The maximum Gasteiger partial charge on any atom is 0.450 e.